The lowest BCUT2D eigenvalue weighted by Gasteiger charge is -2.20. The average Bonchev–Trinajstić information content (AvgIpc) is 2.91. The molecule has 0 atom stereocenters. The van der Waals surface area contributed by atoms with Crippen molar-refractivity contribution in [2.24, 2.45) is 11.7 Å². The Balaban J connectivity index is 2.10. The number of rotatable bonds is 5. The van der Waals surface area contributed by atoms with Gasteiger partial charge in [0.25, 0.3) is 0 Å². The molecule has 1 heterocycles. The van der Waals surface area contributed by atoms with Gasteiger partial charge in [0.15, 0.2) is 0 Å². The van der Waals surface area contributed by atoms with Crippen molar-refractivity contribution in [1.29, 1.82) is 0 Å². The van der Waals surface area contributed by atoms with E-state index in [0.717, 1.165) is 12.8 Å². The summed E-state index contributed by atoms with van der Waals surface area (Å²) in [5, 5.41) is 0. The minimum absolute atomic E-state index is 0.241. The van der Waals surface area contributed by atoms with E-state index in [4.69, 9.17) is 5.73 Å². The first-order chi connectivity index (χ1) is 9.04. The molecule has 1 saturated carbocycles. The van der Waals surface area contributed by atoms with E-state index in [0.29, 0.717) is 24.7 Å². The second kappa shape index (κ2) is 5.98. The second-order valence-corrected chi connectivity index (χ2v) is 7.17. The van der Waals surface area contributed by atoms with Gasteiger partial charge in [0.1, 0.15) is 4.90 Å². The molecule has 0 bridgehead atoms. The number of hydrogen-bond donors (Lipinski definition) is 1. The Kier molecular flexibility index (Phi) is 4.54. The van der Waals surface area contributed by atoms with Gasteiger partial charge < -0.3 is 5.73 Å². The van der Waals surface area contributed by atoms with Crippen molar-refractivity contribution in [3.8, 4) is 0 Å². The number of nitrogens with zero attached hydrogens (tertiary/aromatic N) is 2. The number of sulfonamides is 1. The van der Waals surface area contributed by atoms with Crippen LogP contribution in [0.15, 0.2) is 23.2 Å². The van der Waals surface area contributed by atoms with Gasteiger partial charge >= 0.3 is 0 Å². The number of nitrogens with two attached hydrogens (primary N) is 1. The Morgan fingerprint density at radius 3 is 2.58 bits per heavy atom. The van der Waals surface area contributed by atoms with E-state index in [1.807, 2.05) is 0 Å². The van der Waals surface area contributed by atoms with Gasteiger partial charge in [0, 0.05) is 26.3 Å². The van der Waals surface area contributed by atoms with Crippen LogP contribution in [0.1, 0.15) is 31.4 Å². The Hall–Kier alpha value is -0.980. The minimum atomic E-state index is -3.42. The third-order valence-corrected chi connectivity index (χ3v) is 5.51. The topological polar surface area (TPSA) is 76.3 Å². The summed E-state index contributed by atoms with van der Waals surface area (Å²) in [6.45, 7) is 0.916. The largest absolute Gasteiger partial charge is 0.325 e. The van der Waals surface area contributed by atoms with E-state index in [2.05, 4.69) is 4.98 Å². The van der Waals surface area contributed by atoms with Crippen LogP contribution in [0, 0.1) is 5.92 Å². The van der Waals surface area contributed by atoms with E-state index in [9.17, 15) is 8.42 Å². The van der Waals surface area contributed by atoms with E-state index >= 15 is 0 Å². The molecule has 0 aliphatic heterocycles. The number of hydrogen-bond acceptors (Lipinski definition) is 4. The maximum Gasteiger partial charge on any atom is 0.244 e. The molecule has 1 aromatic heterocycles. The third-order valence-electron chi connectivity index (χ3n) is 3.70. The van der Waals surface area contributed by atoms with E-state index in [1.54, 1.807) is 19.2 Å². The fraction of sp³-hybridized carbons (Fsp3) is 0.615. The highest BCUT2D eigenvalue weighted by atomic mass is 32.2. The Morgan fingerprint density at radius 1 is 1.37 bits per heavy atom. The van der Waals surface area contributed by atoms with E-state index < -0.39 is 10.0 Å². The molecule has 0 aromatic carbocycles. The van der Waals surface area contributed by atoms with Crippen molar-refractivity contribution in [2.75, 3.05) is 13.6 Å². The Labute approximate surface area is 114 Å². The van der Waals surface area contributed by atoms with E-state index in [-0.39, 0.29) is 4.90 Å². The highest BCUT2D eigenvalue weighted by molar-refractivity contribution is 7.89. The zero-order valence-corrected chi connectivity index (χ0v) is 12.1. The minimum Gasteiger partial charge on any atom is -0.325 e. The van der Waals surface area contributed by atoms with Crippen molar-refractivity contribution in [1.82, 2.24) is 9.29 Å². The monoisotopic (exact) mass is 283 g/mol. The van der Waals surface area contributed by atoms with Crippen molar-refractivity contribution < 1.29 is 8.42 Å². The van der Waals surface area contributed by atoms with Crippen molar-refractivity contribution >= 4 is 10.0 Å². The molecule has 1 fully saturated rings. The molecule has 5 nitrogen and oxygen atoms in total. The maximum atomic E-state index is 12.4. The van der Waals surface area contributed by atoms with Crippen LogP contribution in [-0.4, -0.2) is 31.3 Å². The van der Waals surface area contributed by atoms with Crippen LogP contribution in [0.5, 0.6) is 0 Å². The summed E-state index contributed by atoms with van der Waals surface area (Å²) in [6, 6.07) is 3.24. The summed E-state index contributed by atoms with van der Waals surface area (Å²) in [5.41, 5.74) is 6.15. The zero-order chi connectivity index (χ0) is 13.9. The quantitative estimate of drug-likeness (QED) is 0.885. The smallest absolute Gasteiger partial charge is 0.244 e. The molecule has 0 spiro atoms. The highest BCUT2D eigenvalue weighted by Crippen LogP contribution is 2.26. The van der Waals surface area contributed by atoms with Gasteiger partial charge in [0.05, 0.1) is 5.69 Å². The fourth-order valence-electron chi connectivity index (χ4n) is 2.52. The predicted octanol–water partition coefficient (Wildman–Crippen LogP) is 1.35. The van der Waals surface area contributed by atoms with Crippen LogP contribution in [-0.2, 0) is 16.6 Å². The number of pyridine rings is 1. The van der Waals surface area contributed by atoms with Crippen molar-refractivity contribution in [2.45, 2.75) is 37.1 Å². The molecule has 0 amide bonds. The van der Waals surface area contributed by atoms with Crippen LogP contribution in [0.3, 0.4) is 0 Å². The normalized spacial score (nSPS) is 17.2. The first-order valence-corrected chi connectivity index (χ1v) is 8.09. The van der Waals surface area contributed by atoms with Gasteiger partial charge in [-0.1, -0.05) is 12.8 Å². The molecule has 0 radical (unpaired) electrons. The Bertz CT molecular complexity index is 507. The van der Waals surface area contributed by atoms with Crippen molar-refractivity contribution in [3.63, 3.8) is 0 Å². The predicted molar refractivity (Wildman–Crippen MR) is 73.9 cm³/mol. The van der Waals surface area contributed by atoms with Crippen molar-refractivity contribution in [3.05, 3.63) is 24.0 Å². The standard InChI is InChI=1S/C13H21N3O2S/c1-16(10-11-4-2-3-5-11)19(17,18)13-7-6-12(8-14)15-9-13/h6-7,9,11H,2-5,8,10,14H2,1H3. The lowest BCUT2D eigenvalue weighted by Crippen LogP contribution is -2.31. The lowest BCUT2D eigenvalue weighted by molar-refractivity contribution is 0.387. The van der Waals surface area contributed by atoms with Gasteiger partial charge in [-0.3, -0.25) is 4.98 Å². The van der Waals surface area contributed by atoms with Crippen LogP contribution in [0.2, 0.25) is 0 Å². The van der Waals surface area contributed by atoms with Crippen LogP contribution in [0.4, 0.5) is 0 Å². The molecule has 1 aliphatic rings. The van der Waals surface area contributed by atoms with Gasteiger partial charge in [-0.05, 0) is 30.9 Å². The Morgan fingerprint density at radius 2 is 2.05 bits per heavy atom. The molecule has 6 heteroatoms. The molecule has 0 saturated heterocycles. The second-order valence-electron chi connectivity index (χ2n) is 5.13. The first kappa shape index (κ1) is 14.4. The lowest BCUT2D eigenvalue weighted by atomic mass is 10.1. The fourth-order valence-corrected chi connectivity index (χ4v) is 3.71. The molecule has 2 rings (SSSR count). The highest BCUT2D eigenvalue weighted by Gasteiger charge is 2.25. The van der Waals surface area contributed by atoms with Gasteiger partial charge in [-0.25, -0.2) is 12.7 Å². The summed E-state index contributed by atoms with van der Waals surface area (Å²) in [5.74, 6) is 0.496. The summed E-state index contributed by atoms with van der Waals surface area (Å²) in [7, 11) is -1.78. The molecule has 1 aliphatic carbocycles. The van der Waals surface area contributed by atoms with Crippen LogP contribution < -0.4 is 5.73 Å². The molecule has 0 unspecified atom stereocenters. The third kappa shape index (κ3) is 3.32. The summed E-state index contributed by atoms with van der Waals surface area (Å²) in [4.78, 5) is 4.29. The molecular formula is C13H21N3O2S. The summed E-state index contributed by atoms with van der Waals surface area (Å²) >= 11 is 0. The van der Waals surface area contributed by atoms with Gasteiger partial charge in [-0.2, -0.15) is 0 Å². The average molecular weight is 283 g/mol. The van der Waals surface area contributed by atoms with E-state index in [1.165, 1.54) is 23.3 Å². The summed E-state index contributed by atoms with van der Waals surface area (Å²) in [6.07, 6.45) is 6.08. The molecule has 2 N–H and O–H groups in total. The number of aromatic nitrogens is 1. The molecule has 19 heavy (non-hydrogen) atoms. The van der Waals surface area contributed by atoms with Gasteiger partial charge in [-0.15, -0.1) is 0 Å². The molecular weight excluding hydrogens is 262 g/mol. The SMILES string of the molecule is CN(CC1CCCC1)S(=O)(=O)c1ccc(CN)nc1. The van der Waals surface area contributed by atoms with Crippen LogP contribution >= 0.6 is 0 Å². The summed E-state index contributed by atoms with van der Waals surface area (Å²) < 4.78 is 26.2. The first-order valence-electron chi connectivity index (χ1n) is 6.65. The van der Waals surface area contributed by atoms with Gasteiger partial charge in [0.2, 0.25) is 10.0 Å². The molecule has 106 valence electrons. The zero-order valence-electron chi connectivity index (χ0n) is 11.2. The van der Waals surface area contributed by atoms with Crippen LogP contribution in [0.25, 0.3) is 0 Å². The molecule has 1 aromatic rings. The maximum absolute atomic E-state index is 12.4.